The van der Waals surface area contributed by atoms with Crippen LogP contribution in [0.4, 0.5) is 13.2 Å². The largest absolute Gasteiger partial charge is 0.490 e. The van der Waals surface area contributed by atoms with Crippen molar-refractivity contribution in [2.45, 2.75) is 31.7 Å². The topological polar surface area (TPSA) is 56.2 Å². The zero-order chi connectivity index (χ0) is 17.5. The highest BCUT2D eigenvalue weighted by Gasteiger charge is 2.36. The summed E-state index contributed by atoms with van der Waals surface area (Å²) in [6.45, 7) is 1.88. The molecule has 0 aliphatic carbocycles. The molecule has 0 saturated heterocycles. The number of ether oxygens (including phenoxy) is 1. The van der Waals surface area contributed by atoms with Gasteiger partial charge in [-0.3, -0.25) is 9.48 Å². The predicted molar refractivity (Wildman–Crippen MR) is 79.6 cm³/mol. The molecule has 0 radical (unpaired) electrons. The molecule has 128 valence electrons. The minimum atomic E-state index is -4.59. The highest BCUT2D eigenvalue weighted by atomic mass is 19.4. The standard InChI is InChI=1S/C16H16F3N3O2/c1-9-7-11(10-5-3-4-6-13(10)24-9)20-15(23)12-8-14(16(17,18)19)21-22(12)2/h3-6,8-9,11H,7H2,1-2H3,(H,20,23)/t9-,11-/m1/s1. The predicted octanol–water partition coefficient (Wildman–Crippen LogP) is 3.08. The first-order valence-corrected chi connectivity index (χ1v) is 7.43. The van der Waals surface area contributed by atoms with Crippen molar-refractivity contribution < 1.29 is 22.7 Å². The molecule has 5 nitrogen and oxygen atoms in total. The summed E-state index contributed by atoms with van der Waals surface area (Å²) in [6.07, 6.45) is -4.16. The third kappa shape index (κ3) is 3.08. The van der Waals surface area contributed by atoms with E-state index in [-0.39, 0.29) is 17.8 Å². The van der Waals surface area contributed by atoms with E-state index in [1.54, 1.807) is 6.07 Å². The van der Waals surface area contributed by atoms with Gasteiger partial charge in [-0.1, -0.05) is 18.2 Å². The number of amides is 1. The molecule has 3 rings (SSSR count). The quantitative estimate of drug-likeness (QED) is 0.915. The summed E-state index contributed by atoms with van der Waals surface area (Å²) in [5.74, 6) is 0.0666. The molecule has 0 fully saturated rings. The number of carbonyl (C=O) groups excluding carboxylic acids is 1. The molecular formula is C16H16F3N3O2. The van der Waals surface area contributed by atoms with E-state index < -0.39 is 17.8 Å². The van der Waals surface area contributed by atoms with Crippen LogP contribution >= 0.6 is 0 Å². The molecule has 1 N–H and O–H groups in total. The molecule has 1 aliphatic heterocycles. The lowest BCUT2D eigenvalue weighted by molar-refractivity contribution is -0.141. The Balaban J connectivity index is 1.84. The molecule has 24 heavy (non-hydrogen) atoms. The van der Waals surface area contributed by atoms with E-state index >= 15 is 0 Å². The summed E-state index contributed by atoms with van der Waals surface area (Å²) >= 11 is 0. The molecule has 1 aromatic heterocycles. The Morgan fingerprint density at radius 3 is 2.75 bits per heavy atom. The number of nitrogens with one attached hydrogen (secondary N) is 1. The number of alkyl halides is 3. The number of aromatic nitrogens is 2. The van der Waals surface area contributed by atoms with Crippen molar-refractivity contribution in [3.05, 3.63) is 47.3 Å². The van der Waals surface area contributed by atoms with E-state index in [1.165, 1.54) is 7.05 Å². The maximum Gasteiger partial charge on any atom is 0.435 e. The van der Waals surface area contributed by atoms with Gasteiger partial charge in [0.2, 0.25) is 0 Å². The molecule has 1 aliphatic rings. The van der Waals surface area contributed by atoms with Crippen molar-refractivity contribution >= 4 is 5.91 Å². The Kier molecular flexibility index (Phi) is 3.98. The van der Waals surface area contributed by atoms with E-state index in [0.29, 0.717) is 12.2 Å². The first kappa shape index (κ1) is 16.4. The van der Waals surface area contributed by atoms with E-state index in [2.05, 4.69) is 10.4 Å². The fourth-order valence-electron chi connectivity index (χ4n) is 2.79. The van der Waals surface area contributed by atoms with Gasteiger partial charge in [0.25, 0.3) is 5.91 Å². The highest BCUT2D eigenvalue weighted by Crippen LogP contribution is 2.35. The van der Waals surface area contributed by atoms with E-state index in [0.717, 1.165) is 16.3 Å². The Bertz CT molecular complexity index is 770. The Morgan fingerprint density at radius 2 is 2.08 bits per heavy atom. The van der Waals surface area contributed by atoms with Crippen molar-refractivity contribution in [3.63, 3.8) is 0 Å². The Labute approximate surface area is 136 Å². The number of rotatable bonds is 2. The second kappa shape index (κ2) is 5.85. The minimum absolute atomic E-state index is 0.109. The number of nitrogens with zero attached hydrogens (tertiary/aromatic N) is 2. The van der Waals surface area contributed by atoms with E-state index in [4.69, 9.17) is 4.74 Å². The molecule has 1 aromatic carbocycles. The smallest absolute Gasteiger partial charge is 0.435 e. The van der Waals surface area contributed by atoms with Crippen molar-refractivity contribution in [3.8, 4) is 5.75 Å². The number of hydrogen-bond acceptors (Lipinski definition) is 3. The van der Waals surface area contributed by atoms with Crippen molar-refractivity contribution in [1.82, 2.24) is 15.1 Å². The van der Waals surface area contributed by atoms with Crippen LogP contribution in [-0.2, 0) is 13.2 Å². The van der Waals surface area contributed by atoms with Gasteiger partial charge >= 0.3 is 6.18 Å². The summed E-state index contributed by atoms with van der Waals surface area (Å²) in [5, 5.41) is 6.14. The highest BCUT2D eigenvalue weighted by molar-refractivity contribution is 5.93. The number of benzene rings is 1. The zero-order valence-electron chi connectivity index (χ0n) is 13.1. The van der Waals surface area contributed by atoms with E-state index in [1.807, 2.05) is 25.1 Å². The van der Waals surface area contributed by atoms with Gasteiger partial charge in [-0.25, -0.2) is 0 Å². The first-order chi connectivity index (χ1) is 11.3. The van der Waals surface area contributed by atoms with Crippen LogP contribution < -0.4 is 10.1 Å². The van der Waals surface area contributed by atoms with Crippen LogP contribution in [0.2, 0.25) is 0 Å². The third-order valence-corrected chi connectivity index (χ3v) is 3.90. The summed E-state index contributed by atoms with van der Waals surface area (Å²) < 4.78 is 44.8. The fraction of sp³-hybridized carbons (Fsp3) is 0.375. The molecule has 0 saturated carbocycles. The lowest BCUT2D eigenvalue weighted by Gasteiger charge is -2.30. The van der Waals surface area contributed by atoms with Crippen molar-refractivity contribution in [1.29, 1.82) is 0 Å². The average molecular weight is 339 g/mol. The lowest BCUT2D eigenvalue weighted by atomic mass is 9.97. The van der Waals surface area contributed by atoms with Gasteiger partial charge in [0.05, 0.1) is 12.1 Å². The van der Waals surface area contributed by atoms with Crippen LogP contribution in [0.15, 0.2) is 30.3 Å². The number of carbonyl (C=O) groups is 1. The number of halogens is 3. The van der Waals surface area contributed by atoms with Gasteiger partial charge < -0.3 is 10.1 Å². The summed E-state index contributed by atoms with van der Waals surface area (Å²) in [7, 11) is 1.31. The maximum absolute atomic E-state index is 12.7. The normalized spacial score (nSPS) is 20.2. The molecule has 2 heterocycles. The molecule has 0 bridgehead atoms. The lowest BCUT2D eigenvalue weighted by Crippen LogP contribution is -2.35. The molecular weight excluding hydrogens is 323 g/mol. The van der Waals surface area contributed by atoms with Gasteiger partial charge in [-0.2, -0.15) is 18.3 Å². The zero-order valence-corrected chi connectivity index (χ0v) is 13.1. The minimum Gasteiger partial charge on any atom is -0.490 e. The van der Waals surface area contributed by atoms with Crippen LogP contribution in [0.1, 0.15) is 41.1 Å². The molecule has 0 unspecified atom stereocenters. The average Bonchev–Trinajstić information content (AvgIpc) is 2.89. The van der Waals surface area contributed by atoms with Crippen LogP contribution in [0, 0.1) is 0 Å². The monoisotopic (exact) mass is 339 g/mol. The third-order valence-electron chi connectivity index (χ3n) is 3.90. The number of aryl methyl sites for hydroxylation is 1. The SMILES string of the molecule is C[C@@H]1C[C@@H](NC(=O)c2cc(C(F)(F)F)nn2C)c2ccccc2O1. The number of hydrogen-bond donors (Lipinski definition) is 1. The molecule has 8 heteroatoms. The van der Waals surface area contributed by atoms with Crippen molar-refractivity contribution in [2.75, 3.05) is 0 Å². The molecule has 1 amide bonds. The van der Waals surface area contributed by atoms with Crippen molar-refractivity contribution in [2.24, 2.45) is 7.05 Å². The Hall–Kier alpha value is -2.51. The Morgan fingerprint density at radius 1 is 1.38 bits per heavy atom. The van der Waals surface area contributed by atoms with Gasteiger partial charge in [0.1, 0.15) is 11.4 Å². The number of para-hydroxylation sites is 1. The van der Waals surface area contributed by atoms with Gasteiger partial charge in [-0.15, -0.1) is 0 Å². The second-order valence-electron chi connectivity index (χ2n) is 5.76. The summed E-state index contributed by atoms with van der Waals surface area (Å²) in [5.41, 5.74) is -0.419. The second-order valence-corrected chi connectivity index (χ2v) is 5.76. The molecule has 0 spiro atoms. The van der Waals surface area contributed by atoms with Gasteiger partial charge in [0, 0.05) is 25.1 Å². The number of fused-ring (bicyclic) bond motifs is 1. The summed E-state index contributed by atoms with van der Waals surface area (Å²) in [4.78, 5) is 12.4. The van der Waals surface area contributed by atoms with Gasteiger partial charge in [-0.05, 0) is 13.0 Å². The van der Waals surface area contributed by atoms with Crippen LogP contribution in [0.25, 0.3) is 0 Å². The van der Waals surface area contributed by atoms with Crippen LogP contribution in [-0.4, -0.2) is 21.8 Å². The van der Waals surface area contributed by atoms with Crippen LogP contribution in [0.5, 0.6) is 5.75 Å². The van der Waals surface area contributed by atoms with E-state index in [9.17, 15) is 18.0 Å². The summed E-state index contributed by atoms with van der Waals surface area (Å²) in [6, 6.07) is 7.70. The maximum atomic E-state index is 12.7. The van der Waals surface area contributed by atoms with Gasteiger partial charge in [0.15, 0.2) is 5.69 Å². The molecule has 2 aromatic rings. The fourth-order valence-corrected chi connectivity index (χ4v) is 2.79. The first-order valence-electron chi connectivity index (χ1n) is 7.43. The van der Waals surface area contributed by atoms with Crippen LogP contribution in [0.3, 0.4) is 0 Å². The molecule has 2 atom stereocenters.